The second-order valence-corrected chi connectivity index (χ2v) is 7.86. The zero-order valence-corrected chi connectivity index (χ0v) is 16.4. The number of para-hydroxylation sites is 1. The molecule has 0 unspecified atom stereocenters. The van der Waals surface area contributed by atoms with Gasteiger partial charge >= 0.3 is 0 Å². The highest BCUT2D eigenvalue weighted by Crippen LogP contribution is 2.41. The number of aromatic hydroxyl groups is 2. The summed E-state index contributed by atoms with van der Waals surface area (Å²) in [5.74, 6) is -0.724. The van der Waals surface area contributed by atoms with Gasteiger partial charge in [-0.1, -0.05) is 42.5 Å². The van der Waals surface area contributed by atoms with Gasteiger partial charge in [0.1, 0.15) is 16.3 Å². The first-order chi connectivity index (χ1) is 14.3. The van der Waals surface area contributed by atoms with Crippen molar-refractivity contribution in [2.24, 2.45) is 10.2 Å². The van der Waals surface area contributed by atoms with Gasteiger partial charge < -0.3 is 10.2 Å². The van der Waals surface area contributed by atoms with Crippen molar-refractivity contribution in [1.29, 1.82) is 0 Å². The van der Waals surface area contributed by atoms with E-state index in [0.29, 0.717) is 11.4 Å². The van der Waals surface area contributed by atoms with Crippen molar-refractivity contribution in [2.45, 2.75) is 11.8 Å². The molecule has 10 heteroatoms. The van der Waals surface area contributed by atoms with Crippen LogP contribution in [0.25, 0.3) is 16.5 Å². The van der Waals surface area contributed by atoms with Gasteiger partial charge in [-0.05, 0) is 19.1 Å². The van der Waals surface area contributed by atoms with Crippen LogP contribution in [-0.4, -0.2) is 33.0 Å². The largest absolute Gasteiger partial charge is 0.506 e. The fourth-order valence-electron chi connectivity index (χ4n) is 3.10. The molecule has 0 fully saturated rings. The van der Waals surface area contributed by atoms with Crippen molar-refractivity contribution in [3.8, 4) is 17.3 Å². The molecule has 4 rings (SSSR count). The number of hydrogen-bond acceptors (Lipinski definition) is 7. The van der Waals surface area contributed by atoms with E-state index in [-0.39, 0.29) is 28.0 Å². The van der Waals surface area contributed by atoms with Crippen LogP contribution in [0.2, 0.25) is 0 Å². The fourth-order valence-corrected chi connectivity index (χ4v) is 3.82. The maximum absolute atomic E-state index is 11.7. The minimum atomic E-state index is -4.56. The first-order valence-corrected chi connectivity index (χ1v) is 10.2. The van der Waals surface area contributed by atoms with Crippen LogP contribution in [0.4, 0.5) is 11.4 Å². The lowest BCUT2D eigenvalue weighted by atomic mass is 10.1. The van der Waals surface area contributed by atoms with Crippen molar-refractivity contribution < 1.29 is 23.2 Å². The number of phenols is 1. The van der Waals surface area contributed by atoms with E-state index in [1.54, 1.807) is 43.3 Å². The Morgan fingerprint density at radius 3 is 2.17 bits per heavy atom. The van der Waals surface area contributed by atoms with Crippen molar-refractivity contribution >= 4 is 32.3 Å². The molecule has 0 atom stereocenters. The van der Waals surface area contributed by atoms with E-state index in [1.807, 2.05) is 6.07 Å². The fraction of sp³-hybridized carbons (Fsp3) is 0.0500. The molecule has 1 aromatic heterocycles. The van der Waals surface area contributed by atoms with Crippen molar-refractivity contribution in [2.75, 3.05) is 0 Å². The van der Waals surface area contributed by atoms with E-state index < -0.39 is 20.8 Å². The lowest BCUT2D eigenvalue weighted by Gasteiger charge is -2.08. The number of phenolic OH excluding ortho intramolecular Hbond substituents is 1. The molecule has 0 bridgehead atoms. The van der Waals surface area contributed by atoms with Gasteiger partial charge in [0.05, 0.1) is 11.4 Å². The van der Waals surface area contributed by atoms with Crippen LogP contribution in [-0.2, 0) is 10.1 Å². The lowest BCUT2D eigenvalue weighted by Crippen LogP contribution is -1.99. The number of hydrogen-bond donors (Lipinski definition) is 3. The van der Waals surface area contributed by atoms with Crippen LogP contribution in [0.5, 0.6) is 11.6 Å². The van der Waals surface area contributed by atoms with Crippen molar-refractivity contribution in [1.82, 2.24) is 9.78 Å². The van der Waals surface area contributed by atoms with E-state index in [1.165, 1.54) is 16.8 Å². The highest BCUT2D eigenvalue weighted by Gasteiger charge is 2.20. The molecule has 4 aromatic rings. The molecule has 9 nitrogen and oxygen atoms in total. The summed E-state index contributed by atoms with van der Waals surface area (Å²) in [7, 11) is -4.56. The highest BCUT2D eigenvalue weighted by atomic mass is 32.2. The molecule has 30 heavy (non-hydrogen) atoms. The van der Waals surface area contributed by atoms with Crippen LogP contribution < -0.4 is 0 Å². The standard InChI is InChI=1S/C20H16N4O5S/c1-12-18(20(26)24(23-12)13-7-3-2-4-8-13)21-22-19-15-10-6-5-9-14(15)17(11-16(19)25)30(27,28)29/h2-11,25-26H,1H3,(H,27,28,29). The maximum atomic E-state index is 11.7. The summed E-state index contributed by atoms with van der Waals surface area (Å²) in [6, 6.07) is 16.1. The zero-order valence-electron chi connectivity index (χ0n) is 15.6. The molecule has 0 amide bonds. The monoisotopic (exact) mass is 424 g/mol. The first kappa shape index (κ1) is 19.6. The number of aryl methyl sites for hydroxylation is 1. The van der Waals surface area contributed by atoms with E-state index >= 15 is 0 Å². The highest BCUT2D eigenvalue weighted by molar-refractivity contribution is 7.86. The molecule has 0 aliphatic heterocycles. The third kappa shape index (κ3) is 3.38. The molecule has 0 saturated heterocycles. The third-order valence-corrected chi connectivity index (χ3v) is 5.39. The number of benzene rings is 3. The van der Waals surface area contributed by atoms with Crippen LogP contribution in [0, 0.1) is 6.92 Å². The number of azo groups is 1. The molecule has 3 N–H and O–H groups in total. The van der Waals surface area contributed by atoms with Gasteiger partial charge in [-0.15, -0.1) is 10.2 Å². The molecular formula is C20H16N4O5S. The minimum Gasteiger partial charge on any atom is -0.506 e. The molecular weight excluding hydrogens is 408 g/mol. The van der Waals surface area contributed by atoms with Gasteiger partial charge in [-0.3, -0.25) is 4.55 Å². The van der Waals surface area contributed by atoms with Gasteiger partial charge in [0, 0.05) is 16.8 Å². The Morgan fingerprint density at radius 1 is 0.900 bits per heavy atom. The Kier molecular flexibility index (Phi) is 4.72. The van der Waals surface area contributed by atoms with Crippen molar-refractivity contribution in [3.63, 3.8) is 0 Å². The predicted molar refractivity (Wildman–Crippen MR) is 110 cm³/mol. The summed E-state index contributed by atoms with van der Waals surface area (Å²) in [5.41, 5.74) is 1.12. The minimum absolute atomic E-state index is 0.00994. The topological polar surface area (TPSA) is 137 Å². The molecule has 3 aromatic carbocycles. The van der Waals surface area contributed by atoms with E-state index in [4.69, 9.17) is 0 Å². The van der Waals surface area contributed by atoms with Crippen LogP contribution in [0.1, 0.15) is 5.69 Å². The summed E-state index contributed by atoms with van der Waals surface area (Å²) >= 11 is 0. The van der Waals surface area contributed by atoms with Crippen molar-refractivity contribution in [3.05, 3.63) is 66.4 Å². The average Bonchev–Trinajstić information content (AvgIpc) is 3.00. The molecule has 0 spiro atoms. The molecule has 0 saturated carbocycles. The smallest absolute Gasteiger partial charge is 0.295 e. The number of nitrogens with zero attached hydrogens (tertiary/aromatic N) is 4. The summed E-state index contributed by atoms with van der Waals surface area (Å²) < 4.78 is 34.1. The van der Waals surface area contributed by atoms with Gasteiger partial charge in [0.25, 0.3) is 10.1 Å². The normalized spacial score (nSPS) is 12.1. The van der Waals surface area contributed by atoms with Crippen LogP contribution in [0.3, 0.4) is 0 Å². The molecule has 1 heterocycles. The Hall–Kier alpha value is -3.76. The molecule has 0 aliphatic rings. The Labute approximate surface area is 171 Å². The first-order valence-electron chi connectivity index (χ1n) is 8.75. The van der Waals surface area contributed by atoms with Crippen LogP contribution >= 0.6 is 0 Å². The summed E-state index contributed by atoms with van der Waals surface area (Å²) in [4.78, 5) is -0.439. The second-order valence-electron chi connectivity index (χ2n) is 6.47. The van der Waals surface area contributed by atoms with Gasteiger partial charge in [-0.25, -0.2) is 0 Å². The summed E-state index contributed by atoms with van der Waals surface area (Å²) in [6.45, 7) is 1.65. The average molecular weight is 424 g/mol. The van der Waals surface area contributed by atoms with E-state index in [2.05, 4.69) is 15.3 Å². The third-order valence-electron chi connectivity index (χ3n) is 4.49. The predicted octanol–water partition coefficient (Wildman–Crippen LogP) is 4.41. The second kappa shape index (κ2) is 7.25. The number of rotatable bonds is 4. The molecule has 152 valence electrons. The van der Waals surface area contributed by atoms with Gasteiger partial charge in [0.15, 0.2) is 5.69 Å². The summed E-state index contributed by atoms with van der Waals surface area (Å²) in [5, 5.41) is 33.7. The quantitative estimate of drug-likeness (QED) is 0.328. The SMILES string of the molecule is Cc1nn(-c2ccccc2)c(O)c1N=Nc1c(O)cc(S(=O)(=O)O)c2ccccc12. The summed E-state index contributed by atoms with van der Waals surface area (Å²) in [6.07, 6.45) is 0. The van der Waals surface area contributed by atoms with Gasteiger partial charge in [-0.2, -0.15) is 18.2 Å². The van der Waals surface area contributed by atoms with Gasteiger partial charge in [0.2, 0.25) is 5.88 Å². The Balaban J connectivity index is 1.85. The maximum Gasteiger partial charge on any atom is 0.295 e. The molecule has 0 radical (unpaired) electrons. The Bertz CT molecular complexity index is 1400. The van der Waals surface area contributed by atoms with Crippen LogP contribution in [0.15, 0.2) is 75.8 Å². The number of fused-ring (bicyclic) bond motifs is 1. The lowest BCUT2D eigenvalue weighted by molar-refractivity contribution is 0.434. The number of aromatic nitrogens is 2. The Morgan fingerprint density at radius 2 is 1.50 bits per heavy atom. The zero-order chi connectivity index (χ0) is 21.5. The molecule has 0 aliphatic carbocycles. The van der Waals surface area contributed by atoms with E-state index in [0.717, 1.165) is 6.07 Å². The van der Waals surface area contributed by atoms with E-state index in [9.17, 15) is 23.2 Å².